The number of hydrogen-bond acceptors (Lipinski definition) is 14. The summed E-state index contributed by atoms with van der Waals surface area (Å²) < 4.78 is 25.0. The number of carbonyl (C=O) groups is 6. The summed E-state index contributed by atoms with van der Waals surface area (Å²) in [6, 6.07) is 15.6. The van der Waals surface area contributed by atoms with Gasteiger partial charge in [-0.2, -0.15) is 0 Å². The standard InChI is InChI=1S/C56H84N10O9S3/c1-35-48(77-34-61-35)37-17-15-36(16-18-37)29-59-51(71)44-28-42(67)32-66(44)52(72)49(55(2,3)4)63-46(68)14-9-7-6-8-10-23-58-53(73)56(21-22-56)45-27-39(19-24-57-45)38-12-11-13-40(26-38)43-33-76-54(62-43)64-47(69)30-60-50(70)41-20-25-65(31-41)78(5,74)75/h11-13,15-18,26,35,39,41-45,48-49,54,57,61-62,67H,6-10,14,19-25,27-34H2,1-5H3,(H,58,73)(H,59,71)(H,60,70)(H,63,68)(H,64,69)/t35?,39?,41?,42-,43?,44+,45?,48?,49-,54?/m1/s1. The largest absolute Gasteiger partial charge is 0.391 e. The molecule has 0 spiro atoms. The van der Waals surface area contributed by atoms with Gasteiger partial charge in [-0.05, 0) is 92.0 Å². The van der Waals surface area contributed by atoms with Gasteiger partial charge in [0.05, 0.1) is 30.2 Å². The van der Waals surface area contributed by atoms with E-state index in [4.69, 9.17) is 0 Å². The number of carbonyl (C=O) groups excluding carboxylic acids is 6. The van der Waals surface area contributed by atoms with Gasteiger partial charge in [0.1, 0.15) is 17.6 Å². The van der Waals surface area contributed by atoms with E-state index in [-0.39, 0.29) is 85.5 Å². The van der Waals surface area contributed by atoms with Crippen molar-refractivity contribution >= 4 is 69.0 Å². The quantitative estimate of drug-likeness (QED) is 0.0723. The van der Waals surface area contributed by atoms with E-state index in [9.17, 15) is 42.3 Å². The lowest BCUT2D eigenvalue weighted by molar-refractivity contribution is -0.144. The van der Waals surface area contributed by atoms with Gasteiger partial charge in [-0.1, -0.05) is 88.6 Å². The van der Waals surface area contributed by atoms with Crippen LogP contribution in [0.4, 0.5) is 0 Å². The molecule has 0 aromatic heterocycles. The topological polar surface area (TPSA) is 260 Å². The Morgan fingerprint density at radius 3 is 2.29 bits per heavy atom. The van der Waals surface area contributed by atoms with Gasteiger partial charge in [0.25, 0.3) is 0 Å². The minimum atomic E-state index is -3.36. The molecule has 2 aromatic carbocycles. The zero-order chi connectivity index (χ0) is 55.8. The molecule has 0 radical (unpaired) electrons. The van der Waals surface area contributed by atoms with Gasteiger partial charge < -0.3 is 47.2 Å². The Balaban J connectivity index is 0.706. The molecular weight excluding hydrogens is 1050 g/mol. The van der Waals surface area contributed by atoms with Crippen molar-refractivity contribution in [2.45, 2.75) is 164 Å². The number of benzene rings is 2. The molecule has 0 bridgehead atoms. The highest BCUT2D eigenvalue weighted by Crippen LogP contribution is 2.52. The molecule has 5 aliphatic heterocycles. The van der Waals surface area contributed by atoms with Crippen LogP contribution < -0.4 is 42.5 Å². The summed E-state index contributed by atoms with van der Waals surface area (Å²) in [5.74, 6) is 0.0539. The zero-order valence-corrected chi connectivity index (χ0v) is 48.5. The van der Waals surface area contributed by atoms with Crippen molar-refractivity contribution in [3.63, 3.8) is 0 Å². The van der Waals surface area contributed by atoms with Crippen LogP contribution in [0.5, 0.6) is 0 Å². The lowest BCUT2D eigenvalue weighted by atomic mass is 9.79. The number of nitrogens with one attached hydrogen (secondary N) is 8. The third-order valence-corrected chi connectivity index (χ3v) is 20.4. The number of sulfonamides is 1. The van der Waals surface area contributed by atoms with Crippen molar-refractivity contribution in [3.05, 3.63) is 70.8 Å². The maximum Gasteiger partial charge on any atom is 0.246 e. The van der Waals surface area contributed by atoms with Crippen molar-refractivity contribution in [3.8, 4) is 0 Å². The molecule has 7 unspecified atom stereocenters. The van der Waals surface area contributed by atoms with Crippen LogP contribution in [0, 0.1) is 16.7 Å². The minimum Gasteiger partial charge on any atom is -0.391 e. The third-order valence-electron chi connectivity index (χ3n) is 16.6. The molecule has 2 aromatic rings. The molecule has 1 aliphatic carbocycles. The van der Waals surface area contributed by atoms with Crippen LogP contribution in [-0.2, 0) is 45.3 Å². The average Bonchev–Trinajstić information content (AvgIpc) is 4.01. The number of unbranched alkanes of at least 4 members (excludes halogenated alkanes) is 4. The highest BCUT2D eigenvalue weighted by molar-refractivity contribution is 8.00. The molecule has 22 heteroatoms. The number of amides is 6. The fourth-order valence-corrected chi connectivity index (χ4v) is 15.1. The second-order valence-electron chi connectivity index (χ2n) is 23.6. The van der Waals surface area contributed by atoms with Crippen molar-refractivity contribution in [2.75, 3.05) is 57.2 Å². The summed E-state index contributed by atoms with van der Waals surface area (Å²) in [5, 5.41) is 36.5. The van der Waals surface area contributed by atoms with Crippen LogP contribution in [-0.4, -0.2) is 151 Å². The Hall–Kier alpha value is -4.29. The fraction of sp³-hybridized carbons (Fsp3) is 0.679. The van der Waals surface area contributed by atoms with Crippen LogP contribution in [0.15, 0.2) is 48.5 Å². The average molecular weight is 1140 g/mol. The van der Waals surface area contributed by atoms with Gasteiger partial charge in [-0.3, -0.25) is 34.1 Å². The molecule has 8 rings (SSSR count). The van der Waals surface area contributed by atoms with Gasteiger partial charge in [0.2, 0.25) is 45.5 Å². The predicted octanol–water partition coefficient (Wildman–Crippen LogP) is 3.47. The van der Waals surface area contributed by atoms with Crippen LogP contribution in [0.25, 0.3) is 0 Å². The van der Waals surface area contributed by atoms with E-state index in [0.717, 1.165) is 86.9 Å². The predicted molar refractivity (Wildman–Crippen MR) is 304 cm³/mol. The van der Waals surface area contributed by atoms with Gasteiger partial charge in [-0.25, -0.2) is 12.7 Å². The number of β-amino-alcohol motifs (C(OH)–C–C–N with tert-alkyl or cyclic N) is 1. The molecule has 78 heavy (non-hydrogen) atoms. The molecule has 430 valence electrons. The van der Waals surface area contributed by atoms with Gasteiger partial charge >= 0.3 is 0 Å². The lowest BCUT2D eigenvalue weighted by Crippen LogP contribution is -2.57. The number of nitrogens with zero attached hydrogens (tertiary/aromatic N) is 2. The molecule has 9 N–H and O–H groups in total. The normalized spacial score (nSPS) is 27.5. The second-order valence-corrected chi connectivity index (χ2v) is 27.8. The number of hydrogen-bond donors (Lipinski definition) is 9. The Bertz CT molecular complexity index is 2560. The van der Waals surface area contributed by atoms with E-state index >= 15 is 0 Å². The first-order chi connectivity index (χ1) is 37.2. The van der Waals surface area contributed by atoms with E-state index in [1.807, 2.05) is 44.7 Å². The first kappa shape index (κ1) is 59.8. The van der Waals surface area contributed by atoms with E-state index in [1.54, 1.807) is 11.8 Å². The highest BCUT2D eigenvalue weighted by Gasteiger charge is 2.56. The maximum absolute atomic E-state index is 14.1. The van der Waals surface area contributed by atoms with Crippen LogP contribution >= 0.6 is 23.5 Å². The van der Waals surface area contributed by atoms with Crippen LogP contribution in [0.1, 0.15) is 144 Å². The molecule has 10 atom stereocenters. The Labute approximate surface area is 469 Å². The lowest BCUT2D eigenvalue weighted by Gasteiger charge is -2.35. The summed E-state index contributed by atoms with van der Waals surface area (Å²) in [4.78, 5) is 81.5. The third kappa shape index (κ3) is 15.6. The summed E-state index contributed by atoms with van der Waals surface area (Å²) >= 11 is 3.47. The Morgan fingerprint density at radius 2 is 1.59 bits per heavy atom. The van der Waals surface area contributed by atoms with Crippen molar-refractivity contribution < 1.29 is 42.3 Å². The van der Waals surface area contributed by atoms with Crippen molar-refractivity contribution in [2.24, 2.45) is 16.7 Å². The number of thioether (sulfide) groups is 2. The summed E-state index contributed by atoms with van der Waals surface area (Å²) in [5.41, 5.74) is 3.20. The number of aliphatic hydroxyl groups is 1. The van der Waals surface area contributed by atoms with E-state index in [2.05, 4.69) is 85.9 Å². The number of piperidine rings is 1. The fourth-order valence-electron chi connectivity index (χ4n) is 11.7. The summed E-state index contributed by atoms with van der Waals surface area (Å²) in [6.45, 7) is 9.82. The Morgan fingerprint density at radius 1 is 0.846 bits per heavy atom. The molecule has 6 aliphatic rings. The second kappa shape index (κ2) is 26.5. The molecule has 1 saturated carbocycles. The molecule has 19 nitrogen and oxygen atoms in total. The maximum atomic E-state index is 14.1. The first-order valence-corrected chi connectivity index (χ1v) is 32.1. The van der Waals surface area contributed by atoms with Crippen molar-refractivity contribution in [1.29, 1.82) is 0 Å². The monoisotopic (exact) mass is 1140 g/mol. The van der Waals surface area contributed by atoms with Gasteiger partial charge in [-0.15, -0.1) is 23.5 Å². The van der Waals surface area contributed by atoms with Crippen LogP contribution in [0.2, 0.25) is 0 Å². The number of aliphatic hydroxyl groups excluding tert-OH is 1. The van der Waals surface area contributed by atoms with Gasteiger partial charge in [0, 0.05) is 80.6 Å². The van der Waals surface area contributed by atoms with E-state index < -0.39 is 45.0 Å². The molecule has 5 saturated heterocycles. The molecule has 6 amide bonds. The summed E-state index contributed by atoms with van der Waals surface area (Å²) in [7, 11) is -3.36. The molecule has 6 fully saturated rings. The number of rotatable bonds is 23. The zero-order valence-electron chi connectivity index (χ0n) is 46.1. The Kier molecular flexibility index (Phi) is 20.3. The highest BCUT2D eigenvalue weighted by atomic mass is 32.2. The molecule has 5 heterocycles. The first-order valence-electron chi connectivity index (χ1n) is 28.2. The smallest absolute Gasteiger partial charge is 0.246 e. The molecular formula is C56H84N10O9S3. The van der Waals surface area contributed by atoms with E-state index in [0.29, 0.717) is 49.7 Å². The van der Waals surface area contributed by atoms with E-state index in [1.165, 1.54) is 20.3 Å². The minimum absolute atomic E-state index is 0.0217. The number of likely N-dealkylation sites (tertiary alicyclic amines) is 1. The SMILES string of the molecule is CC1NCSC1c1ccc(CNC(=O)[C@@H]2C[C@@H](O)CN2C(=O)[C@@H](NC(=O)CCCCCCCNC(=O)C2(C3CC(c4cccc(C5CSC(NC(=O)CNC(=O)C6CCN(S(C)(=O)=O)C6)N5)c4)CCN3)CC2)C(C)(C)C)cc1. The summed E-state index contributed by atoms with van der Waals surface area (Å²) in [6.07, 6.45) is 8.81. The van der Waals surface area contributed by atoms with Crippen molar-refractivity contribution in [1.82, 2.24) is 51.7 Å². The van der Waals surface area contributed by atoms with Crippen LogP contribution in [0.3, 0.4) is 0 Å². The van der Waals surface area contributed by atoms with Gasteiger partial charge in [0.15, 0.2) is 0 Å².